The molecule has 0 aromatic heterocycles. The van der Waals surface area contributed by atoms with E-state index in [0.717, 1.165) is 0 Å². The minimum absolute atomic E-state index is 0.201. The summed E-state index contributed by atoms with van der Waals surface area (Å²) in [5.41, 5.74) is -0.519. The Bertz CT molecular complexity index is 337. The summed E-state index contributed by atoms with van der Waals surface area (Å²) in [7, 11) is 1.18. The van der Waals surface area contributed by atoms with E-state index in [1.54, 1.807) is 6.26 Å². The summed E-state index contributed by atoms with van der Waals surface area (Å²) >= 11 is 1.26. The van der Waals surface area contributed by atoms with Gasteiger partial charge in [-0.15, -0.1) is 0 Å². The summed E-state index contributed by atoms with van der Waals surface area (Å²) in [6.07, 6.45) is 1.70. The van der Waals surface area contributed by atoms with Gasteiger partial charge in [0.05, 0.1) is 0 Å². The fraction of sp³-hybridized carbons (Fsp3) is 0.500. The number of amides is 1. The second kappa shape index (κ2) is 7.53. The SMILES string of the molecule is CO/N=C(/C#N)C(=O)NC(CSC)C(=O)O. The number of carboxylic acids is 1. The van der Waals surface area contributed by atoms with Crippen molar-refractivity contribution in [3.05, 3.63) is 0 Å². The van der Waals surface area contributed by atoms with Crippen LogP contribution in [-0.2, 0) is 14.4 Å². The van der Waals surface area contributed by atoms with E-state index in [-0.39, 0.29) is 5.75 Å². The first kappa shape index (κ1) is 14.2. The van der Waals surface area contributed by atoms with Crippen LogP contribution in [0.4, 0.5) is 0 Å². The highest BCUT2D eigenvalue weighted by molar-refractivity contribution is 7.98. The first-order valence-corrected chi connectivity index (χ1v) is 5.50. The minimum Gasteiger partial charge on any atom is -0.480 e. The molecule has 16 heavy (non-hydrogen) atoms. The molecule has 0 fully saturated rings. The summed E-state index contributed by atoms with van der Waals surface area (Å²) in [5, 5.41) is 22.6. The molecule has 0 saturated heterocycles. The lowest BCUT2D eigenvalue weighted by Crippen LogP contribution is -2.45. The minimum atomic E-state index is -1.17. The van der Waals surface area contributed by atoms with Crippen molar-refractivity contribution in [2.45, 2.75) is 6.04 Å². The van der Waals surface area contributed by atoms with Gasteiger partial charge in [0.1, 0.15) is 19.2 Å². The fourth-order valence-corrected chi connectivity index (χ4v) is 1.33. The number of carbonyl (C=O) groups is 2. The van der Waals surface area contributed by atoms with Crippen molar-refractivity contribution in [2.75, 3.05) is 19.1 Å². The Hall–Kier alpha value is -1.75. The maximum Gasteiger partial charge on any atom is 0.327 e. The van der Waals surface area contributed by atoms with Gasteiger partial charge in [-0.1, -0.05) is 5.16 Å². The van der Waals surface area contributed by atoms with E-state index in [4.69, 9.17) is 10.4 Å². The molecule has 8 heteroatoms. The van der Waals surface area contributed by atoms with Crippen molar-refractivity contribution in [3.8, 4) is 6.07 Å². The third kappa shape index (κ3) is 4.65. The highest BCUT2D eigenvalue weighted by atomic mass is 32.2. The number of hydrogen-bond acceptors (Lipinski definition) is 6. The van der Waals surface area contributed by atoms with Crippen molar-refractivity contribution >= 4 is 29.4 Å². The molecule has 0 aromatic rings. The number of nitriles is 1. The zero-order valence-electron chi connectivity index (χ0n) is 8.76. The lowest BCUT2D eigenvalue weighted by Gasteiger charge is -2.11. The molecule has 0 rings (SSSR count). The van der Waals surface area contributed by atoms with Crippen LogP contribution in [-0.4, -0.2) is 47.9 Å². The van der Waals surface area contributed by atoms with Gasteiger partial charge in [-0.05, 0) is 6.26 Å². The third-order valence-electron chi connectivity index (χ3n) is 1.44. The van der Waals surface area contributed by atoms with Crippen molar-refractivity contribution in [2.24, 2.45) is 5.16 Å². The number of nitrogens with one attached hydrogen (secondary N) is 1. The Morgan fingerprint density at radius 1 is 1.69 bits per heavy atom. The number of thioether (sulfide) groups is 1. The Labute approximate surface area is 96.4 Å². The summed E-state index contributed by atoms with van der Waals surface area (Å²) < 4.78 is 0. The highest BCUT2D eigenvalue weighted by Gasteiger charge is 2.22. The van der Waals surface area contributed by atoms with Crippen molar-refractivity contribution < 1.29 is 19.5 Å². The smallest absolute Gasteiger partial charge is 0.327 e. The van der Waals surface area contributed by atoms with E-state index in [0.29, 0.717) is 0 Å². The fourth-order valence-electron chi connectivity index (χ4n) is 0.772. The van der Waals surface area contributed by atoms with E-state index in [9.17, 15) is 9.59 Å². The van der Waals surface area contributed by atoms with Crippen molar-refractivity contribution in [1.82, 2.24) is 5.32 Å². The van der Waals surface area contributed by atoms with Crippen LogP contribution in [0.2, 0.25) is 0 Å². The van der Waals surface area contributed by atoms with Crippen molar-refractivity contribution in [1.29, 1.82) is 5.26 Å². The second-order valence-corrected chi connectivity index (χ2v) is 3.46. The van der Waals surface area contributed by atoms with E-state index in [2.05, 4.69) is 15.3 Å². The number of hydrogen-bond donors (Lipinski definition) is 2. The molecule has 1 atom stereocenters. The quantitative estimate of drug-likeness (QED) is 0.479. The molecule has 0 aromatic carbocycles. The normalized spacial score (nSPS) is 12.4. The summed E-state index contributed by atoms with van der Waals surface area (Å²) in [4.78, 5) is 26.3. The molecule has 0 radical (unpaired) electrons. The molecule has 1 amide bonds. The van der Waals surface area contributed by atoms with Crippen molar-refractivity contribution in [3.63, 3.8) is 0 Å². The topological polar surface area (TPSA) is 112 Å². The Balaban J connectivity index is 4.57. The molecule has 0 aliphatic heterocycles. The van der Waals surface area contributed by atoms with Crippen LogP contribution in [0.15, 0.2) is 5.16 Å². The molecule has 0 spiro atoms. The molecule has 1 unspecified atom stereocenters. The number of rotatable bonds is 6. The van der Waals surface area contributed by atoms with Gasteiger partial charge in [-0.3, -0.25) is 4.79 Å². The van der Waals surface area contributed by atoms with E-state index >= 15 is 0 Å². The number of nitrogens with zero attached hydrogens (tertiary/aromatic N) is 2. The van der Waals surface area contributed by atoms with Gasteiger partial charge in [0.15, 0.2) is 0 Å². The maximum absolute atomic E-state index is 11.3. The van der Waals surface area contributed by atoms with Crippen LogP contribution >= 0.6 is 11.8 Å². The zero-order chi connectivity index (χ0) is 12.6. The highest BCUT2D eigenvalue weighted by Crippen LogP contribution is 1.97. The van der Waals surface area contributed by atoms with Crippen LogP contribution in [0.25, 0.3) is 0 Å². The van der Waals surface area contributed by atoms with Gasteiger partial charge in [0.25, 0.3) is 5.91 Å². The molecule has 7 nitrogen and oxygen atoms in total. The lowest BCUT2D eigenvalue weighted by atomic mass is 10.3. The third-order valence-corrected chi connectivity index (χ3v) is 2.11. The van der Waals surface area contributed by atoms with E-state index < -0.39 is 23.6 Å². The van der Waals surface area contributed by atoms with Gasteiger partial charge in [-0.2, -0.15) is 17.0 Å². The van der Waals surface area contributed by atoms with Gasteiger partial charge in [-0.25, -0.2) is 4.79 Å². The molecule has 2 N–H and O–H groups in total. The molecular formula is C8H11N3O4S. The zero-order valence-corrected chi connectivity index (χ0v) is 9.58. The Kier molecular flexibility index (Phi) is 6.71. The van der Waals surface area contributed by atoms with Gasteiger partial charge >= 0.3 is 5.97 Å². The summed E-state index contributed by atoms with van der Waals surface area (Å²) in [6, 6.07) is 0.445. The number of carbonyl (C=O) groups excluding carboxylic acids is 1. The maximum atomic E-state index is 11.3. The first-order chi connectivity index (χ1) is 7.56. The molecule has 0 heterocycles. The number of carboxylic acid groups (broad SMARTS) is 1. The average molecular weight is 245 g/mol. The van der Waals surface area contributed by atoms with Crippen LogP contribution in [0.5, 0.6) is 0 Å². The standard InChI is InChI=1S/C8H11N3O4S/c1-15-11-5(3-9)7(12)10-6(4-16-2)8(13)14/h6H,4H2,1-2H3,(H,10,12)(H,13,14)/b11-5-. The van der Waals surface area contributed by atoms with Gasteiger partial charge < -0.3 is 15.3 Å². The molecular weight excluding hydrogens is 234 g/mol. The number of aliphatic carboxylic acids is 1. The largest absolute Gasteiger partial charge is 0.480 e. The first-order valence-electron chi connectivity index (χ1n) is 4.10. The van der Waals surface area contributed by atoms with Gasteiger partial charge in [0.2, 0.25) is 5.71 Å². The van der Waals surface area contributed by atoms with E-state index in [1.807, 2.05) is 0 Å². The average Bonchev–Trinajstić information content (AvgIpc) is 2.24. The molecule has 0 saturated carbocycles. The second-order valence-electron chi connectivity index (χ2n) is 2.55. The van der Waals surface area contributed by atoms with Crippen LogP contribution in [0.1, 0.15) is 0 Å². The van der Waals surface area contributed by atoms with Crippen LogP contribution in [0.3, 0.4) is 0 Å². The van der Waals surface area contributed by atoms with Gasteiger partial charge in [0, 0.05) is 5.75 Å². The number of oxime groups is 1. The Morgan fingerprint density at radius 2 is 2.31 bits per heavy atom. The monoisotopic (exact) mass is 245 g/mol. The molecule has 0 bridgehead atoms. The Morgan fingerprint density at radius 3 is 2.69 bits per heavy atom. The molecule has 0 aliphatic rings. The van der Waals surface area contributed by atoms with Crippen LogP contribution < -0.4 is 5.32 Å². The summed E-state index contributed by atoms with van der Waals surface area (Å²) in [6.45, 7) is 0. The summed E-state index contributed by atoms with van der Waals surface area (Å²) in [5.74, 6) is -1.84. The molecule has 88 valence electrons. The molecule has 0 aliphatic carbocycles. The predicted octanol–water partition coefficient (Wildman–Crippen LogP) is -0.555. The van der Waals surface area contributed by atoms with Crippen LogP contribution in [0, 0.1) is 11.3 Å². The predicted molar refractivity (Wildman–Crippen MR) is 58.0 cm³/mol. The lowest BCUT2D eigenvalue weighted by molar-refractivity contribution is -0.140. The van der Waals surface area contributed by atoms with E-state index in [1.165, 1.54) is 24.9 Å².